The Hall–Kier alpha value is -1.42. The van der Waals surface area contributed by atoms with Crippen molar-refractivity contribution >= 4 is 11.7 Å². The first-order chi connectivity index (χ1) is 9.41. The van der Waals surface area contributed by atoms with E-state index >= 15 is 0 Å². The minimum absolute atomic E-state index is 0.140. The fraction of sp³-hybridized carbons (Fsp3) is 0.625. The average molecular weight is 273 g/mol. The van der Waals surface area contributed by atoms with Crippen LogP contribution in [0.5, 0.6) is 0 Å². The third-order valence-electron chi connectivity index (χ3n) is 4.40. The molecule has 0 aromatic carbocycles. The smallest absolute Gasteiger partial charge is 0.236 e. The normalized spacial score (nSPS) is 21.9. The molecular formula is C16H23N3O. The first-order valence-corrected chi connectivity index (χ1v) is 7.40. The van der Waals surface area contributed by atoms with Crippen LogP contribution in [0.1, 0.15) is 39.2 Å². The average Bonchev–Trinajstić information content (AvgIpc) is 2.64. The lowest BCUT2D eigenvalue weighted by Crippen LogP contribution is -2.48. The molecule has 108 valence electrons. The molecule has 2 aliphatic rings. The number of piperidine rings is 1. The minimum Gasteiger partial charge on any atom is -0.310 e. The number of hydrogen-bond acceptors (Lipinski definition) is 3. The highest BCUT2D eigenvalue weighted by molar-refractivity contribution is 6.05. The molecule has 0 unspecified atom stereocenters. The Labute approximate surface area is 120 Å². The quantitative estimate of drug-likeness (QED) is 0.854. The predicted octanol–water partition coefficient (Wildman–Crippen LogP) is 2.41. The van der Waals surface area contributed by atoms with Crippen molar-refractivity contribution in [2.45, 2.75) is 39.0 Å². The second-order valence-electron chi connectivity index (χ2n) is 7.27. The molecule has 20 heavy (non-hydrogen) atoms. The van der Waals surface area contributed by atoms with Gasteiger partial charge in [-0.05, 0) is 37.4 Å². The summed E-state index contributed by atoms with van der Waals surface area (Å²) >= 11 is 0. The summed E-state index contributed by atoms with van der Waals surface area (Å²) in [5.41, 5.74) is 1.07. The fourth-order valence-corrected chi connectivity index (χ4v) is 3.50. The number of rotatable bonds is 1. The van der Waals surface area contributed by atoms with Crippen molar-refractivity contribution in [3.05, 3.63) is 23.9 Å². The molecule has 2 aliphatic heterocycles. The summed E-state index contributed by atoms with van der Waals surface area (Å²) in [6.07, 6.45) is 3.54. The standard InChI is InChI=1S/C16H23N3O/c1-15(2,3)11-19-9-6-16(7-10-19)12-5-4-8-17-13(12)18-14(16)20/h4-5,8H,6-7,9-11H2,1-3H3,(H,17,18,20). The van der Waals surface area contributed by atoms with E-state index in [4.69, 9.17) is 0 Å². The number of aromatic nitrogens is 1. The van der Waals surface area contributed by atoms with Gasteiger partial charge in [-0.2, -0.15) is 0 Å². The number of hydrogen-bond donors (Lipinski definition) is 1. The third-order valence-corrected chi connectivity index (χ3v) is 4.40. The molecule has 1 fully saturated rings. The van der Waals surface area contributed by atoms with Crippen molar-refractivity contribution in [2.75, 3.05) is 25.0 Å². The molecule has 1 saturated heterocycles. The van der Waals surface area contributed by atoms with Crippen molar-refractivity contribution < 1.29 is 4.79 Å². The van der Waals surface area contributed by atoms with Gasteiger partial charge in [-0.3, -0.25) is 4.79 Å². The fourth-order valence-electron chi connectivity index (χ4n) is 3.50. The molecule has 1 amide bonds. The van der Waals surface area contributed by atoms with Crippen LogP contribution in [0.2, 0.25) is 0 Å². The van der Waals surface area contributed by atoms with Gasteiger partial charge in [0.05, 0.1) is 5.41 Å². The Morgan fingerprint density at radius 2 is 2.05 bits per heavy atom. The number of carbonyl (C=O) groups excluding carboxylic acids is 1. The molecule has 4 heteroatoms. The van der Waals surface area contributed by atoms with Crippen molar-refractivity contribution in [1.82, 2.24) is 9.88 Å². The largest absolute Gasteiger partial charge is 0.310 e. The third kappa shape index (κ3) is 2.22. The molecule has 1 spiro atoms. The first kappa shape index (κ1) is 13.6. The van der Waals surface area contributed by atoms with Gasteiger partial charge in [0, 0.05) is 18.3 Å². The van der Waals surface area contributed by atoms with Crippen LogP contribution < -0.4 is 5.32 Å². The van der Waals surface area contributed by atoms with Gasteiger partial charge in [0.1, 0.15) is 5.82 Å². The van der Waals surface area contributed by atoms with Gasteiger partial charge in [-0.25, -0.2) is 4.98 Å². The zero-order chi connectivity index (χ0) is 14.4. The Morgan fingerprint density at radius 1 is 1.35 bits per heavy atom. The zero-order valence-electron chi connectivity index (χ0n) is 12.6. The Morgan fingerprint density at radius 3 is 2.70 bits per heavy atom. The highest BCUT2D eigenvalue weighted by atomic mass is 16.2. The van der Waals surface area contributed by atoms with Gasteiger partial charge in [-0.1, -0.05) is 26.8 Å². The number of carbonyl (C=O) groups is 1. The summed E-state index contributed by atoms with van der Waals surface area (Å²) in [6.45, 7) is 9.85. The van der Waals surface area contributed by atoms with Gasteiger partial charge in [0.15, 0.2) is 0 Å². The van der Waals surface area contributed by atoms with Crippen LogP contribution in [0.15, 0.2) is 18.3 Å². The number of anilines is 1. The first-order valence-electron chi connectivity index (χ1n) is 7.40. The van der Waals surface area contributed by atoms with Crippen LogP contribution in [0.4, 0.5) is 5.82 Å². The molecule has 0 saturated carbocycles. The van der Waals surface area contributed by atoms with Crippen LogP contribution in [0.3, 0.4) is 0 Å². The van der Waals surface area contributed by atoms with Crippen molar-refractivity contribution in [3.63, 3.8) is 0 Å². The SMILES string of the molecule is CC(C)(C)CN1CCC2(CC1)C(=O)Nc1ncccc12. The molecular weight excluding hydrogens is 250 g/mol. The van der Waals surface area contributed by atoms with Crippen molar-refractivity contribution in [1.29, 1.82) is 0 Å². The van der Waals surface area contributed by atoms with Gasteiger partial charge in [0.2, 0.25) is 5.91 Å². The maximum absolute atomic E-state index is 12.4. The van der Waals surface area contributed by atoms with E-state index in [0.29, 0.717) is 5.41 Å². The maximum atomic E-state index is 12.4. The minimum atomic E-state index is -0.335. The molecule has 3 rings (SSSR count). The molecule has 1 aromatic rings. The van der Waals surface area contributed by atoms with Crippen LogP contribution in [-0.4, -0.2) is 35.4 Å². The molecule has 0 radical (unpaired) electrons. The number of amides is 1. The Kier molecular flexibility index (Phi) is 3.09. The number of likely N-dealkylation sites (tertiary alicyclic amines) is 1. The number of fused-ring (bicyclic) bond motifs is 2. The maximum Gasteiger partial charge on any atom is 0.236 e. The van der Waals surface area contributed by atoms with E-state index in [1.807, 2.05) is 6.07 Å². The highest BCUT2D eigenvalue weighted by Crippen LogP contribution is 2.44. The van der Waals surface area contributed by atoms with E-state index in [0.717, 1.165) is 43.9 Å². The van der Waals surface area contributed by atoms with Crippen LogP contribution >= 0.6 is 0 Å². The molecule has 3 heterocycles. The Bertz CT molecular complexity index is 525. The van der Waals surface area contributed by atoms with Crippen molar-refractivity contribution in [2.24, 2.45) is 5.41 Å². The predicted molar refractivity (Wildman–Crippen MR) is 79.7 cm³/mol. The van der Waals surface area contributed by atoms with Crippen LogP contribution in [0, 0.1) is 5.41 Å². The summed E-state index contributed by atoms with van der Waals surface area (Å²) in [5, 5.41) is 2.95. The van der Waals surface area contributed by atoms with Crippen LogP contribution in [-0.2, 0) is 10.2 Å². The monoisotopic (exact) mass is 273 g/mol. The van der Waals surface area contributed by atoms with Gasteiger partial charge < -0.3 is 10.2 Å². The lowest BCUT2D eigenvalue weighted by molar-refractivity contribution is -0.122. The summed E-state index contributed by atoms with van der Waals surface area (Å²) in [4.78, 5) is 19.2. The highest BCUT2D eigenvalue weighted by Gasteiger charge is 2.49. The lowest BCUT2D eigenvalue weighted by Gasteiger charge is -2.40. The zero-order valence-corrected chi connectivity index (χ0v) is 12.6. The van der Waals surface area contributed by atoms with Crippen LogP contribution in [0.25, 0.3) is 0 Å². The summed E-state index contributed by atoms with van der Waals surface area (Å²) in [5.74, 6) is 0.906. The van der Waals surface area contributed by atoms with E-state index in [9.17, 15) is 4.79 Å². The summed E-state index contributed by atoms with van der Waals surface area (Å²) < 4.78 is 0. The molecule has 1 N–H and O–H groups in total. The van der Waals surface area contributed by atoms with E-state index in [-0.39, 0.29) is 11.3 Å². The molecule has 0 atom stereocenters. The van der Waals surface area contributed by atoms with E-state index in [2.05, 4.69) is 42.0 Å². The van der Waals surface area contributed by atoms with E-state index in [1.165, 1.54) is 0 Å². The molecule has 0 aliphatic carbocycles. The van der Waals surface area contributed by atoms with E-state index < -0.39 is 0 Å². The second-order valence-corrected chi connectivity index (χ2v) is 7.27. The molecule has 1 aromatic heterocycles. The second kappa shape index (κ2) is 4.55. The lowest BCUT2D eigenvalue weighted by atomic mass is 9.74. The van der Waals surface area contributed by atoms with Crippen molar-refractivity contribution in [3.8, 4) is 0 Å². The number of nitrogens with zero attached hydrogens (tertiary/aromatic N) is 2. The van der Waals surface area contributed by atoms with E-state index in [1.54, 1.807) is 6.20 Å². The summed E-state index contributed by atoms with van der Waals surface area (Å²) in [6, 6.07) is 3.99. The molecule has 0 bridgehead atoms. The number of pyridine rings is 1. The molecule has 4 nitrogen and oxygen atoms in total. The Balaban J connectivity index is 1.79. The topological polar surface area (TPSA) is 45.2 Å². The summed E-state index contributed by atoms with van der Waals surface area (Å²) in [7, 11) is 0. The number of nitrogens with one attached hydrogen (secondary N) is 1. The van der Waals surface area contributed by atoms with Gasteiger partial charge in [0.25, 0.3) is 0 Å². The van der Waals surface area contributed by atoms with Gasteiger partial charge in [-0.15, -0.1) is 0 Å². The van der Waals surface area contributed by atoms with Gasteiger partial charge >= 0.3 is 0 Å².